The molecule has 0 bridgehead atoms. The smallest absolute Gasteiger partial charge is 0.135 e. The van der Waals surface area contributed by atoms with Gasteiger partial charge in [0.25, 0.3) is 0 Å². The third-order valence-electron chi connectivity index (χ3n) is 2.75. The molecular weight excluding hydrogens is 358 g/mol. The van der Waals surface area contributed by atoms with Gasteiger partial charge in [-0.1, -0.05) is 46.4 Å². The van der Waals surface area contributed by atoms with Gasteiger partial charge in [-0.3, -0.25) is 0 Å². The van der Waals surface area contributed by atoms with E-state index in [0.29, 0.717) is 21.2 Å². The van der Waals surface area contributed by atoms with E-state index in [1.54, 1.807) is 0 Å². The number of aromatic hydroxyl groups is 2. The van der Waals surface area contributed by atoms with Crippen molar-refractivity contribution < 1.29 is 14.9 Å². The molecule has 2 N–H and O–H groups in total. The van der Waals surface area contributed by atoms with Gasteiger partial charge in [0.1, 0.15) is 11.5 Å². The van der Waals surface area contributed by atoms with Crippen molar-refractivity contribution in [3.63, 3.8) is 0 Å². The van der Waals surface area contributed by atoms with Crippen LogP contribution in [0.4, 0.5) is 0 Å². The van der Waals surface area contributed by atoms with Crippen molar-refractivity contribution in [2.45, 2.75) is 13.2 Å². The Morgan fingerprint density at radius 2 is 1.05 bits per heavy atom. The van der Waals surface area contributed by atoms with Crippen LogP contribution in [0.3, 0.4) is 0 Å². The fourth-order valence-corrected chi connectivity index (χ4v) is 2.44. The zero-order chi connectivity index (χ0) is 15.6. The molecular formula is C14H10Cl4O3. The van der Waals surface area contributed by atoms with E-state index in [9.17, 15) is 10.2 Å². The van der Waals surface area contributed by atoms with E-state index < -0.39 is 0 Å². The topological polar surface area (TPSA) is 49.7 Å². The third kappa shape index (κ3) is 4.09. The van der Waals surface area contributed by atoms with Gasteiger partial charge in [-0.2, -0.15) is 0 Å². The maximum atomic E-state index is 9.41. The summed E-state index contributed by atoms with van der Waals surface area (Å²) in [4.78, 5) is 0. The highest BCUT2D eigenvalue weighted by molar-refractivity contribution is 6.35. The minimum absolute atomic E-state index is 0.0845. The van der Waals surface area contributed by atoms with Crippen LogP contribution in [0, 0.1) is 0 Å². The highest BCUT2D eigenvalue weighted by atomic mass is 35.5. The Kier molecular flexibility index (Phi) is 5.47. The Morgan fingerprint density at radius 1 is 0.667 bits per heavy atom. The number of hydrogen-bond donors (Lipinski definition) is 2. The van der Waals surface area contributed by atoms with E-state index in [4.69, 9.17) is 51.1 Å². The van der Waals surface area contributed by atoms with E-state index in [0.717, 1.165) is 0 Å². The van der Waals surface area contributed by atoms with Crippen LogP contribution in [0.15, 0.2) is 24.3 Å². The molecule has 112 valence electrons. The minimum atomic E-state index is -0.0845. The van der Waals surface area contributed by atoms with Gasteiger partial charge in [0.05, 0.1) is 23.3 Å². The van der Waals surface area contributed by atoms with Crippen LogP contribution in [0.5, 0.6) is 11.5 Å². The van der Waals surface area contributed by atoms with Gasteiger partial charge in [-0.15, -0.1) is 0 Å². The van der Waals surface area contributed by atoms with Crippen LogP contribution in [-0.4, -0.2) is 10.2 Å². The normalized spacial score (nSPS) is 10.9. The predicted octanol–water partition coefficient (Wildman–Crippen LogP) is 5.43. The summed E-state index contributed by atoms with van der Waals surface area (Å²) in [5, 5.41) is 19.9. The Morgan fingerprint density at radius 3 is 1.43 bits per heavy atom. The van der Waals surface area contributed by atoms with Crippen LogP contribution < -0.4 is 0 Å². The van der Waals surface area contributed by atoms with Crippen LogP contribution >= 0.6 is 46.4 Å². The quantitative estimate of drug-likeness (QED) is 0.757. The molecule has 0 fully saturated rings. The Hall–Kier alpha value is -0.840. The van der Waals surface area contributed by atoms with Crippen molar-refractivity contribution in [2.24, 2.45) is 0 Å². The SMILES string of the molecule is Oc1cc(Cl)c(COCc2cc(Cl)c(O)cc2Cl)cc1Cl. The standard InChI is InChI=1S/C14H10Cl4O3/c15-9-3-13(19)11(17)1-7(9)5-21-6-8-2-12(18)14(20)4-10(8)16/h1-4,19-20H,5-6H2. The van der Waals surface area contributed by atoms with Crippen molar-refractivity contribution in [2.75, 3.05) is 0 Å². The van der Waals surface area contributed by atoms with Crippen molar-refractivity contribution in [3.05, 3.63) is 55.5 Å². The zero-order valence-corrected chi connectivity index (χ0v) is 13.6. The van der Waals surface area contributed by atoms with Crippen LogP contribution in [-0.2, 0) is 18.0 Å². The van der Waals surface area contributed by atoms with Crippen LogP contribution in [0.1, 0.15) is 11.1 Å². The highest BCUT2D eigenvalue weighted by Crippen LogP contribution is 2.32. The summed E-state index contributed by atoms with van der Waals surface area (Å²) >= 11 is 23.6. The van der Waals surface area contributed by atoms with Gasteiger partial charge in [0.15, 0.2) is 0 Å². The molecule has 7 heteroatoms. The first-order chi connectivity index (χ1) is 9.88. The van der Waals surface area contributed by atoms with Gasteiger partial charge in [-0.25, -0.2) is 0 Å². The second-order valence-electron chi connectivity index (χ2n) is 4.28. The van der Waals surface area contributed by atoms with E-state index in [1.165, 1.54) is 24.3 Å². The van der Waals surface area contributed by atoms with Gasteiger partial charge in [0.2, 0.25) is 0 Å². The molecule has 0 saturated heterocycles. The average Bonchev–Trinajstić information content (AvgIpc) is 2.41. The molecule has 0 aliphatic carbocycles. The van der Waals surface area contributed by atoms with E-state index in [1.807, 2.05) is 0 Å². The first-order valence-electron chi connectivity index (χ1n) is 5.80. The molecule has 0 unspecified atom stereocenters. The molecule has 0 aliphatic rings. The lowest BCUT2D eigenvalue weighted by molar-refractivity contribution is 0.107. The summed E-state index contributed by atoms with van der Waals surface area (Å²) in [6, 6.07) is 5.77. The molecule has 2 rings (SSSR count). The summed E-state index contributed by atoms with van der Waals surface area (Å²) in [6.07, 6.45) is 0. The maximum Gasteiger partial charge on any atom is 0.135 e. The molecule has 2 aromatic carbocycles. The maximum absolute atomic E-state index is 9.41. The fourth-order valence-electron chi connectivity index (χ4n) is 1.65. The fraction of sp³-hybridized carbons (Fsp3) is 0.143. The second kappa shape index (κ2) is 6.95. The molecule has 0 heterocycles. The van der Waals surface area contributed by atoms with Gasteiger partial charge < -0.3 is 14.9 Å². The van der Waals surface area contributed by atoms with Crippen molar-refractivity contribution in [1.29, 1.82) is 0 Å². The Bertz CT molecular complexity index is 616. The first kappa shape index (κ1) is 16.5. The number of phenolic OH excluding ortho intramolecular Hbond substituents is 2. The first-order valence-corrected chi connectivity index (χ1v) is 7.31. The number of rotatable bonds is 4. The summed E-state index contributed by atoms with van der Waals surface area (Å²) in [6.45, 7) is 0.376. The Balaban J connectivity index is 2.05. The number of ether oxygens (including phenoxy) is 1. The summed E-state index contributed by atoms with van der Waals surface area (Å²) in [5.41, 5.74) is 1.28. The minimum Gasteiger partial charge on any atom is -0.506 e. The predicted molar refractivity (Wildman–Crippen MR) is 84.7 cm³/mol. The lowest BCUT2D eigenvalue weighted by Crippen LogP contribution is -1.96. The second-order valence-corrected chi connectivity index (χ2v) is 5.91. The number of halogens is 4. The van der Waals surface area contributed by atoms with Gasteiger partial charge in [-0.05, 0) is 23.3 Å². The largest absolute Gasteiger partial charge is 0.506 e. The zero-order valence-electron chi connectivity index (χ0n) is 10.5. The number of phenols is 2. The van der Waals surface area contributed by atoms with Crippen LogP contribution in [0.25, 0.3) is 0 Å². The lowest BCUT2D eigenvalue weighted by Gasteiger charge is -2.10. The van der Waals surface area contributed by atoms with Crippen molar-refractivity contribution in [1.82, 2.24) is 0 Å². The molecule has 0 amide bonds. The van der Waals surface area contributed by atoms with Crippen molar-refractivity contribution in [3.8, 4) is 11.5 Å². The van der Waals surface area contributed by atoms with Gasteiger partial charge >= 0.3 is 0 Å². The van der Waals surface area contributed by atoms with E-state index in [2.05, 4.69) is 0 Å². The summed E-state index contributed by atoms with van der Waals surface area (Å²) in [5.74, 6) is -0.169. The lowest BCUT2D eigenvalue weighted by atomic mass is 10.2. The monoisotopic (exact) mass is 366 g/mol. The van der Waals surface area contributed by atoms with Crippen LogP contribution in [0.2, 0.25) is 20.1 Å². The molecule has 3 nitrogen and oxygen atoms in total. The molecule has 2 aromatic rings. The summed E-state index contributed by atoms with van der Waals surface area (Å²) in [7, 11) is 0. The molecule has 0 spiro atoms. The average molecular weight is 368 g/mol. The molecule has 0 saturated carbocycles. The third-order valence-corrected chi connectivity index (χ3v) is 4.06. The van der Waals surface area contributed by atoms with Crippen molar-refractivity contribution >= 4 is 46.4 Å². The molecule has 21 heavy (non-hydrogen) atoms. The molecule has 0 atom stereocenters. The summed E-state index contributed by atoms with van der Waals surface area (Å²) < 4.78 is 5.51. The number of benzene rings is 2. The number of hydrogen-bond acceptors (Lipinski definition) is 3. The highest BCUT2D eigenvalue weighted by Gasteiger charge is 2.09. The van der Waals surface area contributed by atoms with E-state index >= 15 is 0 Å². The Labute approximate surface area is 141 Å². The molecule has 0 aliphatic heterocycles. The molecule has 0 aromatic heterocycles. The molecule has 0 radical (unpaired) electrons. The van der Waals surface area contributed by atoms with E-state index in [-0.39, 0.29) is 34.8 Å². The van der Waals surface area contributed by atoms with Gasteiger partial charge in [0, 0.05) is 22.2 Å².